The summed E-state index contributed by atoms with van der Waals surface area (Å²) in [7, 11) is 0. The zero-order valence-corrected chi connectivity index (χ0v) is 10.2. The van der Waals surface area contributed by atoms with Gasteiger partial charge in [0.1, 0.15) is 11.5 Å². The molecule has 1 rings (SSSR count). The Balaban J connectivity index is 2.60. The summed E-state index contributed by atoms with van der Waals surface area (Å²) in [5.74, 6) is 1.82. The zero-order chi connectivity index (χ0) is 11.6. The van der Waals surface area contributed by atoms with E-state index in [1.807, 2.05) is 32.9 Å². The SMILES string of the molecule is Cc1ccc(C(C)NC(C)C(C)(C)O)o1. The van der Waals surface area contributed by atoms with Crippen LogP contribution in [0.25, 0.3) is 0 Å². The monoisotopic (exact) mass is 211 g/mol. The first-order valence-electron chi connectivity index (χ1n) is 5.35. The van der Waals surface area contributed by atoms with Gasteiger partial charge in [-0.15, -0.1) is 0 Å². The van der Waals surface area contributed by atoms with Crippen molar-refractivity contribution in [3.05, 3.63) is 23.7 Å². The number of hydrogen-bond donors (Lipinski definition) is 2. The Morgan fingerprint density at radius 3 is 2.33 bits per heavy atom. The van der Waals surface area contributed by atoms with Crippen LogP contribution in [0.2, 0.25) is 0 Å². The van der Waals surface area contributed by atoms with E-state index in [1.54, 1.807) is 13.8 Å². The molecule has 3 nitrogen and oxygen atoms in total. The van der Waals surface area contributed by atoms with Crippen molar-refractivity contribution < 1.29 is 9.52 Å². The smallest absolute Gasteiger partial charge is 0.120 e. The van der Waals surface area contributed by atoms with Crippen LogP contribution in [-0.2, 0) is 0 Å². The number of nitrogens with one attached hydrogen (secondary N) is 1. The fraction of sp³-hybridized carbons (Fsp3) is 0.667. The third-order valence-electron chi connectivity index (χ3n) is 2.75. The molecule has 0 fully saturated rings. The minimum absolute atomic E-state index is 0.0120. The van der Waals surface area contributed by atoms with Crippen LogP contribution < -0.4 is 5.32 Å². The van der Waals surface area contributed by atoms with Crippen LogP contribution in [0.1, 0.15) is 45.3 Å². The predicted octanol–water partition coefficient (Wildman–Crippen LogP) is 2.40. The molecular weight excluding hydrogens is 190 g/mol. The summed E-state index contributed by atoms with van der Waals surface area (Å²) >= 11 is 0. The topological polar surface area (TPSA) is 45.4 Å². The van der Waals surface area contributed by atoms with Gasteiger partial charge in [-0.1, -0.05) is 0 Å². The van der Waals surface area contributed by atoms with E-state index in [0.29, 0.717) is 0 Å². The van der Waals surface area contributed by atoms with E-state index in [0.717, 1.165) is 11.5 Å². The molecule has 3 heteroatoms. The van der Waals surface area contributed by atoms with Gasteiger partial charge in [0.2, 0.25) is 0 Å². The molecule has 2 N–H and O–H groups in total. The van der Waals surface area contributed by atoms with Crippen LogP contribution in [0.5, 0.6) is 0 Å². The van der Waals surface area contributed by atoms with Crippen molar-refractivity contribution in [2.75, 3.05) is 0 Å². The number of aliphatic hydroxyl groups is 1. The Kier molecular flexibility index (Phi) is 3.58. The quantitative estimate of drug-likeness (QED) is 0.803. The van der Waals surface area contributed by atoms with Crippen molar-refractivity contribution in [2.24, 2.45) is 0 Å². The van der Waals surface area contributed by atoms with Gasteiger partial charge in [0.25, 0.3) is 0 Å². The highest BCUT2D eigenvalue weighted by atomic mass is 16.3. The van der Waals surface area contributed by atoms with Crippen LogP contribution in [0, 0.1) is 6.92 Å². The van der Waals surface area contributed by atoms with Gasteiger partial charge in [0.15, 0.2) is 0 Å². The van der Waals surface area contributed by atoms with Crippen LogP contribution in [0.15, 0.2) is 16.5 Å². The Morgan fingerprint density at radius 1 is 1.33 bits per heavy atom. The molecule has 1 aromatic rings. The molecule has 0 spiro atoms. The number of hydrogen-bond acceptors (Lipinski definition) is 3. The molecule has 0 aliphatic heterocycles. The lowest BCUT2D eigenvalue weighted by atomic mass is 10.00. The van der Waals surface area contributed by atoms with Crippen LogP contribution in [-0.4, -0.2) is 16.7 Å². The Labute approximate surface area is 91.5 Å². The lowest BCUT2D eigenvalue weighted by Gasteiger charge is -2.29. The first-order valence-corrected chi connectivity index (χ1v) is 5.35. The average Bonchev–Trinajstić information content (AvgIpc) is 2.50. The molecular formula is C12H21NO2. The van der Waals surface area contributed by atoms with E-state index >= 15 is 0 Å². The standard InChI is InChI=1S/C12H21NO2/c1-8-6-7-11(15-8)9(2)13-10(3)12(4,5)14/h6-7,9-10,13-14H,1-5H3. The van der Waals surface area contributed by atoms with E-state index in [4.69, 9.17) is 4.42 Å². The van der Waals surface area contributed by atoms with E-state index < -0.39 is 5.60 Å². The third-order valence-corrected chi connectivity index (χ3v) is 2.75. The zero-order valence-electron chi connectivity index (χ0n) is 10.2. The summed E-state index contributed by atoms with van der Waals surface area (Å²) in [4.78, 5) is 0. The van der Waals surface area contributed by atoms with Crippen molar-refractivity contribution in [1.29, 1.82) is 0 Å². The molecule has 15 heavy (non-hydrogen) atoms. The molecule has 86 valence electrons. The normalized spacial score (nSPS) is 16.4. The van der Waals surface area contributed by atoms with Gasteiger partial charge < -0.3 is 14.8 Å². The minimum Gasteiger partial charge on any atom is -0.465 e. The first-order chi connectivity index (χ1) is 6.80. The molecule has 2 unspecified atom stereocenters. The Bertz CT molecular complexity index is 312. The minimum atomic E-state index is -0.726. The molecule has 0 aliphatic rings. The Morgan fingerprint density at radius 2 is 1.93 bits per heavy atom. The highest BCUT2D eigenvalue weighted by Crippen LogP contribution is 2.18. The van der Waals surface area contributed by atoms with Gasteiger partial charge in [-0.25, -0.2) is 0 Å². The summed E-state index contributed by atoms with van der Waals surface area (Å²) in [6, 6.07) is 4.03. The van der Waals surface area contributed by atoms with Crippen molar-refractivity contribution in [1.82, 2.24) is 5.32 Å². The van der Waals surface area contributed by atoms with Crippen LogP contribution >= 0.6 is 0 Å². The maximum absolute atomic E-state index is 9.79. The summed E-state index contributed by atoms with van der Waals surface area (Å²) in [5, 5.41) is 13.1. The van der Waals surface area contributed by atoms with Gasteiger partial charge in [0, 0.05) is 6.04 Å². The maximum atomic E-state index is 9.79. The van der Waals surface area contributed by atoms with E-state index in [-0.39, 0.29) is 12.1 Å². The average molecular weight is 211 g/mol. The molecule has 0 saturated carbocycles. The molecule has 0 bridgehead atoms. The number of furan rings is 1. The summed E-state index contributed by atoms with van der Waals surface area (Å²) in [6.07, 6.45) is 0. The molecule has 0 aromatic carbocycles. The summed E-state index contributed by atoms with van der Waals surface area (Å²) in [5.41, 5.74) is -0.726. The lowest BCUT2D eigenvalue weighted by Crippen LogP contribution is -2.45. The van der Waals surface area contributed by atoms with E-state index in [1.165, 1.54) is 0 Å². The maximum Gasteiger partial charge on any atom is 0.120 e. The Hall–Kier alpha value is -0.800. The lowest BCUT2D eigenvalue weighted by molar-refractivity contribution is 0.0395. The third kappa shape index (κ3) is 3.36. The largest absolute Gasteiger partial charge is 0.465 e. The molecule has 1 aromatic heterocycles. The van der Waals surface area contributed by atoms with Crippen molar-refractivity contribution in [2.45, 2.75) is 52.3 Å². The van der Waals surface area contributed by atoms with Crippen molar-refractivity contribution in [3.63, 3.8) is 0 Å². The van der Waals surface area contributed by atoms with Gasteiger partial charge in [-0.05, 0) is 46.8 Å². The van der Waals surface area contributed by atoms with Gasteiger partial charge in [0.05, 0.1) is 11.6 Å². The molecule has 0 saturated heterocycles. The predicted molar refractivity (Wildman–Crippen MR) is 60.8 cm³/mol. The van der Waals surface area contributed by atoms with E-state index in [2.05, 4.69) is 5.32 Å². The first kappa shape index (κ1) is 12.3. The fourth-order valence-electron chi connectivity index (χ4n) is 1.35. The highest BCUT2D eigenvalue weighted by molar-refractivity contribution is 5.09. The number of aryl methyl sites for hydroxylation is 1. The van der Waals surface area contributed by atoms with Gasteiger partial charge in [-0.3, -0.25) is 0 Å². The van der Waals surface area contributed by atoms with Crippen molar-refractivity contribution >= 4 is 0 Å². The van der Waals surface area contributed by atoms with Gasteiger partial charge in [-0.2, -0.15) is 0 Å². The summed E-state index contributed by atoms with van der Waals surface area (Å²) in [6.45, 7) is 9.51. The van der Waals surface area contributed by atoms with Crippen molar-refractivity contribution in [3.8, 4) is 0 Å². The second kappa shape index (κ2) is 4.37. The molecule has 0 radical (unpaired) electrons. The fourth-order valence-corrected chi connectivity index (χ4v) is 1.35. The second-order valence-corrected chi connectivity index (χ2v) is 4.71. The molecule has 0 amide bonds. The van der Waals surface area contributed by atoms with E-state index in [9.17, 15) is 5.11 Å². The number of rotatable bonds is 4. The van der Waals surface area contributed by atoms with Crippen LogP contribution in [0.4, 0.5) is 0 Å². The summed E-state index contributed by atoms with van der Waals surface area (Å²) < 4.78 is 5.51. The molecule has 1 heterocycles. The second-order valence-electron chi connectivity index (χ2n) is 4.71. The highest BCUT2D eigenvalue weighted by Gasteiger charge is 2.24. The van der Waals surface area contributed by atoms with Crippen LogP contribution in [0.3, 0.4) is 0 Å². The molecule has 2 atom stereocenters. The van der Waals surface area contributed by atoms with Gasteiger partial charge >= 0.3 is 0 Å². The molecule has 0 aliphatic carbocycles.